The van der Waals surface area contributed by atoms with E-state index < -0.39 is 0 Å². The lowest BCUT2D eigenvalue weighted by molar-refractivity contribution is 0.0338. The minimum atomic E-state index is 0.00614. The normalized spacial score (nSPS) is 18.1. The molecule has 1 aliphatic rings. The van der Waals surface area contributed by atoms with Crippen molar-refractivity contribution in [2.75, 3.05) is 19.7 Å². The van der Waals surface area contributed by atoms with Gasteiger partial charge in [0.2, 0.25) is 0 Å². The highest BCUT2D eigenvalue weighted by molar-refractivity contribution is 5.95. The van der Waals surface area contributed by atoms with Crippen molar-refractivity contribution < 1.29 is 9.90 Å². The van der Waals surface area contributed by atoms with Crippen molar-refractivity contribution in [2.45, 2.75) is 26.2 Å². The lowest BCUT2D eigenvalue weighted by atomic mass is 9.77. The fourth-order valence-corrected chi connectivity index (χ4v) is 3.04. The van der Waals surface area contributed by atoms with E-state index in [1.165, 1.54) is 0 Å². The summed E-state index contributed by atoms with van der Waals surface area (Å²) in [5, 5.41) is 9.56. The molecule has 0 atom stereocenters. The molecule has 0 unspecified atom stereocenters. The zero-order chi connectivity index (χ0) is 14.9. The maximum Gasteiger partial charge on any atom is 0.253 e. The van der Waals surface area contributed by atoms with Crippen LogP contribution in [0.1, 0.15) is 36.5 Å². The number of nitrogens with zero attached hydrogens (tertiary/aromatic N) is 3. The van der Waals surface area contributed by atoms with Crippen molar-refractivity contribution in [2.24, 2.45) is 5.41 Å². The summed E-state index contributed by atoms with van der Waals surface area (Å²) >= 11 is 0. The zero-order valence-corrected chi connectivity index (χ0v) is 12.3. The fraction of sp³-hybridized carbons (Fsp3) is 0.500. The van der Waals surface area contributed by atoms with E-state index in [0.717, 1.165) is 37.9 Å². The standard InChI is InChI=1S/C16H21N3O2/c1-2-16(11-20)4-7-18(8-5-16)15(21)13-3-6-19-12-17-10-14(19)9-13/h3,6,9-10,12,20H,2,4-5,7-8,11H2,1H3. The van der Waals surface area contributed by atoms with Crippen LogP contribution in [0.25, 0.3) is 5.52 Å². The second-order valence-electron chi connectivity index (χ2n) is 5.95. The molecular formula is C16H21N3O2. The number of amides is 1. The number of carbonyl (C=O) groups is 1. The molecule has 112 valence electrons. The first-order valence-corrected chi connectivity index (χ1v) is 7.49. The second-order valence-corrected chi connectivity index (χ2v) is 5.95. The summed E-state index contributed by atoms with van der Waals surface area (Å²) < 4.78 is 1.89. The minimum Gasteiger partial charge on any atom is -0.396 e. The summed E-state index contributed by atoms with van der Waals surface area (Å²) in [5.41, 5.74) is 1.64. The van der Waals surface area contributed by atoms with Gasteiger partial charge in [-0.1, -0.05) is 6.92 Å². The van der Waals surface area contributed by atoms with Crippen molar-refractivity contribution in [1.29, 1.82) is 0 Å². The van der Waals surface area contributed by atoms with E-state index >= 15 is 0 Å². The number of carbonyl (C=O) groups excluding carboxylic acids is 1. The summed E-state index contributed by atoms with van der Waals surface area (Å²) in [7, 11) is 0. The molecule has 2 aromatic rings. The highest BCUT2D eigenvalue weighted by Crippen LogP contribution is 2.34. The molecule has 1 aliphatic heterocycles. The van der Waals surface area contributed by atoms with E-state index in [1.807, 2.05) is 27.6 Å². The molecule has 5 heteroatoms. The molecule has 1 fully saturated rings. The molecule has 0 radical (unpaired) electrons. The highest BCUT2D eigenvalue weighted by atomic mass is 16.3. The maximum absolute atomic E-state index is 12.6. The topological polar surface area (TPSA) is 57.8 Å². The maximum atomic E-state index is 12.6. The predicted octanol–water partition coefficient (Wildman–Crippen LogP) is 1.96. The average molecular weight is 287 g/mol. The molecule has 1 N–H and O–H groups in total. The quantitative estimate of drug-likeness (QED) is 0.939. The third-order valence-corrected chi connectivity index (χ3v) is 4.86. The first kappa shape index (κ1) is 14.1. The molecule has 2 aromatic heterocycles. The van der Waals surface area contributed by atoms with Gasteiger partial charge in [-0.2, -0.15) is 0 Å². The molecule has 3 rings (SSSR count). The molecule has 5 nitrogen and oxygen atoms in total. The summed E-state index contributed by atoms with van der Waals surface area (Å²) in [6.45, 7) is 3.77. The van der Waals surface area contributed by atoms with Crippen molar-refractivity contribution in [3.05, 3.63) is 36.4 Å². The van der Waals surface area contributed by atoms with Gasteiger partial charge in [0.1, 0.15) is 0 Å². The van der Waals surface area contributed by atoms with Gasteiger partial charge < -0.3 is 14.4 Å². The molecule has 0 spiro atoms. The molecule has 0 aromatic carbocycles. The van der Waals surface area contributed by atoms with Crippen molar-refractivity contribution >= 4 is 11.4 Å². The van der Waals surface area contributed by atoms with Crippen LogP contribution in [0, 0.1) is 5.41 Å². The second kappa shape index (κ2) is 5.48. The molecule has 0 bridgehead atoms. The van der Waals surface area contributed by atoms with Crippen LogP contribution < -0.4 is 0 Å². The number of pyridine rings is 1. The van der Waals surface area contributed by atoms with Gasteiger partial charge in [0.05, 0.1) is 18.0 Å². The largest absolute Gasteiger partial charge is 0.396 e. The molecule has 0 saturated carbocycles. The molecule has 1 saturated heterocycles. The summed E-state index contributed by atoms with van der Waals surface area (Å²) in [5.74, 6) is 0.0707. The Labute approximate surface area is 124 Å². The molecular weight excluding hydrogens is 266 g/mol. The van der Waals surface area contributed by atoms with Gasteiger partial charge in [-0.25, -0.2) is 4.98 Å². The fourth-order valence-electron chi connectivity index (χ4n) is 3.04. The van der Waals surface area contributed by atoms with E-state index in [9.17, 15) is 9.90 Å². The first-order chi connectivity index (χ1) is 10.2. The molecule has 3 heterocycles. The summed E-state index contributed by atoms with van der Waals surface area (Å²) in [6.07, 6.45) is 8.06. The number of likely N-dealkylation sites (tertiary alicyclic amines) is 1. The van der Waals surface area contributed by atoms with Crippen LogP contribution in [-0.4, -0.2) is 45.0 Å². The van der Waals surface area contributed by atoms with Crippen molar-refractivity contribution in [1.82, 2.24) is 14.3 Å². The molecule has 0 aliphatic carbocycles. The Morgan fingerprint density at radius 1 is 1.43 bits per heavy atom. The third-order valence-electron chi connectivity index (χ3n) is 4.86. The van der Waals surface area contributed by atoms with Crippen LogP contribution in [-0.2, 0) is 0 Å². The lowest BCUT2D eigenvalue weighted by Crippen LogP contribution is -2.44. The Kier molecular flexibility index (Phi) is 3.68. The molecule has 21 heavy (non-hydrogen) atoms. The van der Waals surface area contributed by atoms with Crippen LogP contribution in [0.4, 0.5) is 0 Å². The summed E-state index contributed by atoms with van der Waals surface area (Å²) in [4.78, 5) is 18.5. The Balaban J connectivity index is 1.74. The zero-order valence-electron chi connectivity index (χ0n) is 12.3. The van der Waals surface area contributed by atoms with Gasteiger partial charge in [0.15, 0.2) is 0 Å². The number of imidazole rings is 1. The van der Waals surface area contributed by atoms with Gasteiger partial charge >= 0.3 is 0 Å². The number of fused-ring (bicyclic) bond motifs is 1. The average Bonchev–Trinajstić information content (AvgIpc) is 3.02. The van der Waals surface area contributed by atoms with Gasteiger partial charge in [-0.05, 0) is 36.8 Å². The third kappa shape index (κ3) is 2.53. The van der Waals surface area contributed by atoms with Gasteiger partial charge in [-0.15, -0.1) is 0 Å². The highest BCUT2D eigenvalue weighted by Gasteiger charge is 2.34. The summed E-state index contributed by atoms with van der Waals surface area (Å²) in [6, 6.07) is 3.72. The Bertz CT molecular complexity index is 636. The minimum absolute atomic E-state index is 0.00614. The smallest absolute Gasteiger partial charge is 0.253 e. The van der Waals surface area contributed by atoms with Crippen LogP contribution in [0.3, 0.4) is 0 Å². The van der Waals surface area contributed by atoms with E-state index in [-0.39, 0.29) is 17.9 Å². The SMILES string of the molecule is CCC1(CO)CCN(C(=O)c2ccn3cncc3c2)CC1. The van der Waals surface area contributed by atoms with Crippen LogP contribution in [0.15, 0.2) is 30.9 Å². The Morgan fingerprint density at radius 2 is 2.19 bits per heavy atom. The predicted molar refractivity (Wildman–Crippen MR) is 80.1 cm³/mol. The number of hydrogen-bond donors (Lipinski definition) is 1. The van der Waals surface area contributed by atoms with E-state index in [1.54, 1.807) is 12.5 Å². The van der Waals surface area contributed by atoms with Crippen LogP contribution in [0.2, 0.25) is 0 Å². The van der Waals surface area contributed by atoms with Gasteiger partial charge in [0, 0.05) is 31.5 Å². The first-order valence-electron chi connectivity index (χ1n) is 7.49. The lowest BCUT2D eigenvalue weighted by Gasteiger charge is -2.40. The number of aromatic nitrogens is 2. The monoisotopic (exact) mass is 287 g/mol. The Morgan fingerprint density at radius 3 is 2.86 bits per heavy atom. The van der Waals surface area contributed by atoms with E-state index in [2.05, 4.69) is 11.9 Å². The van der Waals surface area contributed by atoms with Crippen molar-refractivity contribution in [3.63, 3.8) is 0 Å². The Hall–Kier alpha value is -1.88. The number of hydrogen-bond acceptors (Lipinski definition) is 3. The number of piperidine rings is 1. The number of aliphatic hydroxyl groups excluding tert-OH is 1. The van der Waals surface area contributed by atoms with Crippen LogP contribution in [0.5, 0.6) is 0 Å². The van der Waals surface area contributed by atoms with E-state index in [4.69, 9.17) is 0 Å². The van der Waals surface area contributed by atoms with E-state index in [0.29, 0.717) is 5.56 Å². The number of rotatable bonds is 3. The van der Waals surface area contributed by atoms with Crippen molar-refractivity contribution in [3.8, 4) is 0 Å². The van der Waals surface area contributed by atoms with Gasteiger partial charge in [-0.3, -0.25) is 4.79 Å². The molecule has 1 amide bonds. The van der Waals surface area contributed by atoms with Gasteiger partial charge in [0.25, 0.3) is 5.91 Å². The number of aliphatic hydroxyl groups is 1. The van der Waals surface area contributed by atoms with Crippen LogP contribution >= 0.6 is 0 Å².